The molecule has 0 radical (unpaired) electrons. The number of carbonyl (C=O) groups excluding carboxylic acids is 2. The molecule has 0 bridgehead atoms. The minimum absolute atomic E-state index is 0.312. The van der Waals surface area contributed by atoms with E-state index in [2.05, 4.69) is 5.32 Å². The van der Waals surface area contributed by atoms with Crippen LogP contribution in [0.1, 0.15) is 11.6 Å². The summed E-state index contributed by atoms with van der Waals surface area (Å²) in [5.41, 5.74) is 0.536. The standard InChI is InChI=1S/C17H15FN2O3/c18-13-8-6-12(7-9-13)15-16(21)19-10-11-20(15)17(22)23-14-4-2-1-3-5-14/h1-9,15H,10-11H2,(H,19,21). The molecule has 1 atom stereocenters. The molecule has 1 saturated heterocycles. The molecule has 0 aromatic heterocycles. The van der Waals surface area contributed by atoms with E-state index in [1.54, 1.807) is 24.3 Å². The van der Waals surface area contributed by atoms with Crippen molar-refractivity contribution in [2.24, 2.45) is 0 Å². The first kappa shape index (κ1) is 15.0. The molecule has 2 amide bonds. The van der Waals surface area contributed by atoms with Gasteiger partial charge in [0.1, 0.15) is 17.6 Å². The average Bonchev–Trinajstić information content (AvgIpc) is 2.56. The molecule has 6 heteroatoms. The molecule has 1 aliphatic rings. The highest BCUT2D eigenvalue weighted by Gasteiger charge is 2.35. The molecule has 0 aliphatic carbocycles. The van der Waals surface area contributed by atoms with Gasteiger partial charge >= 0.3 is 6.09 Å². The third-order valence-electron chi connectivity index (χ3n) is 3.58. The third kappa shape index (κ3) is 3.31. The van der Waals surface area contributed by atoms with Gasteiger partial charge in [-0.3, -0.25) is 9.69 Å². The molecule has 5 nitrogen and oxygen atoms in total. The van der Waals surface area contributed by atoms with E-state index in [1.807, 2.05) is 6.07 Å². The molecule has 1 aliphatic heterocycles. The largest absolute Gasteiger partial charge is 0.416 e. The van der Waals surface area contributed by atoms with E-state index in [0.717, 1.165) is 0 Å². The molecule has 23 heavy (non-hydrogen) atoms. The predicted octanol–water partition coefficient (Wildman–Crippen LogP) is 2.50. The lowest BCUT2D eigenvalue weighted by Crippen LogP contribution is -2.52. The summed E-state index contributed by atoms with van der Waals surface area (Å²) in [6.45, 7) is 0.667. The number of piperazine rings is 1. The fourth-order valence-electron chi connectivity index (χ4n) is 2.49. The fourth-order valence-corrected chi connectivity index (χ4v) is 2.49. The first-order valence-corrected chi connectivity index (χ1v) is 7.22. The van der Waals surface area contributed by atoms with Crippen LogP contribution >= 0.6 is 0 Å². The van der Waals surface area contributed by atoms with E-state index in [1.165, 1.54) is 29.2 Å². The summed E-state index contributed by atoms with van der Waals surface area (Å²) in [6.07, 6.45) is -0.611. The fraction of sp³-hybridized carbons (Fsp3) is 0.176. The molecule has 0 spiro atoms. The van der Waals surface area contributed by atoms with E-state index < -0.39 is 18.0 Å². The number of amides is 2. The number of para-hydroxylation sites is 1. The third-order valence-corrected chi connectivity index (χ3v) is 3.58. The van der Waals surface area contributed by atoms with E-state index in [-0.39, 0.29) is 5.91 Å². The molecule has 2 aromatic carbocycles. The van der Waals surface area contributed by atoms with E-state index in [0.29, 0.717) is 24.4 Å². The zero-order chi connectivity index (χ0) is 16.2. The zero-order valence-corrected chi connectivity index (χ0v) is 12.2. The van der Waals surface area contributed by atoms with Gasteiger partial charge in [0.05, 0.1) is 0 Å². The second-order valence-electron chi connectivity index (χ2n) is 5.12. The van der Waals surface area contributed by atoms with Gasteiger partial charge in [0.2, 0.25) is 5.91 Å². The molecule has 1 heterocycles. The first-order valence-electron chi connectivity index (χ1n) is 7.22. The molecule has 1 unspecified atom stereocenters. The highest BCUT2D eigenvalue weighted by atomic mass is 19.1. The van der Waals surface area contributed by atoms with E-state index >= 15 is 0 Å². The van der Waals surface area contributed by atoms with E-state index in [9.17, 15) is 14.0 Å². The van der Waals surface area contributed by atoms with Crippen molar-refractivity contribution in [1.29, 1.82) is 0 Å². The van der Waals surface area contributed by atoms with Crippen molar-refractivity contribution in [1.82, 2.24) is 10.2 Å². The maximum Gasteiger partial charge on any atom is 0.416 e. The number of hydrogen-bond acceptors (Lipinski definition) is 3. The molecule has 118 valence electrons. The summed E-state index contributed by atoms with van der Waals surface area (Å²) in [6, 6.07) is 13.3. The zero-order valence-electron chi connectivity index (χ0n) is 12.2. The molecule has 3 rings (SSSR count). The van der Waals surface area contributed by atoms with Crippen LogP contribution in [-0.2, 0) is 4.79 Å². The summed E-state index contributed by atoms with van der Waals surface area (Å²) in [4.78, 5) is 26.0. The van der Waals surface area contributed by atoms with Crippen molar-refractivity contribution in [3.63, 3.8) is 0 Å². The van der Waals surface area contributed by atoms with Gasteiger partial charge in [-0.05, 0) is 29.8 Å². The molecule has 2 aromatic rings. The van der Waals surface area contributed by atoms with Gasteiger partial charge < -0.3 is 10.1 Å². The monoisotopic (exact) mass is 314 g/mol. The minimum Gasteiger partial charge on any atom is -0.410 e. The summed E-state index contributed by atoms with van der Waals surface area (Å²) >= 11 is 0. The molecular formula is C17H15FN2O3. The number of hydrogen-bond donors (Lipinski definition) is 1. The number of ether oxygens (including phenoxy) is 1. The van der Waals surface area contributed by atoms with Crippen LogP contribution in [0.5, 0.6) is 5.75 Å². The van der Waals surface area contributed by atoms with Crippen molar-refractivity contribution in [2.45, 2.75) is 6.04 Å². The van der Waals surface area contributed by atoms with Crippen LogP contribution in [-0.4, -0.2) is 30.0 Å². The van der Waals surface area contributed by atoms with Crippen molar-refractivity contribution in [3.05, 3.63) is 66.0 Å². The number of halogens is 1. The Morgan fingerprint density at radius 3 is 2.52 bits per heavy atom. The van der Waals surface area contributed by atoms with Gasteiger partial charge in [-0.25, -0.2) is 9.18 Å². The second kappa shape index (κ2) is 6.48. The number of nitrogens with one attached hydrogen (secondary N) is 1. The van der Waals surface area contributed by atoms with Crippen LogP contribution in [0.3, 0.4) is 0 Å². The van der Waals surface area contributed by atoms with Gasteiger partial charge in [-0.1, -0.05) is 30.3 Å². The number of nitrogens with zero attached hydrogens (tertiary/aromatic N) is 1. The quantitative estimate of drug-likeness (QED) is 0.926. The van der Waals surface area contributed by atoms with Crippen LogP contribution in [0.2, 0.25) is 0 Å². The average molecular weight is 314 g/mol. The Morgan fingerprint density at radius 1 is 1.13 bits per heavy atom. The Labute approximate surface area is 132 Å². The van der Waals surface area contributed by atoms with Crippen LogP contribution in [0.25, 0.3) is 0 Å². The van der Waals surface area contributed by atoms with Crippen LogP contribution in [0, 0.1) is 5.82 Å². The lowest BCUT2D eigenvalue weighted by Gasteiger charge is -2.34. The summed E-state index contributed by atoms with van der Waals surface area (Å²) < 4.78 is 18.4. The van der Waals surface area contributed by atoms with Crippen LogP contribution < -0.4 is 10.1 Å². The Hall–Kier alpha value is -2.89. The number of benzene rings is 2. The van der Waals surface area contributed by atoms with Crippen molar-refractivity contribution in [3.8, 4) is 5.75 Å². The predicted molar refractivity (Wildman–Crippen MR) is 81.3 cm³/mol. The maximum absolute atomic E-state index is 13.1. The summed E-state index contributed by atoms with van der Waals surface area (Å²) in [5, 5.41) is 2.71. The van der Waals surface area contributed by atoms with Crippen molar-refractivity contribution in [2.75, 3.05) is 13.1 Å². The second-order valence-corrected chi connectivity index (χ2v) is 5.12. The molecule has 0 saturated carbocycles. The number of rotatable bonds is 2. The summed E-state index contributed by atoms with van der Waals surface area (Å²) in [7, 11) is 0. The van der Waals surface area contributed by atoms with Gasteiger partial charge in [-0.15, -0.1) is 0 Å². The highest BCUT2D eigenvalue weighted by molar-refractivity contribution is 5.88. The first-order chi connectivity index (χ1) is 11.1. The maximum atomic E-state index is 13.1. The van der Waals surface area contributed by atoms with Crippen LogP contribution in [0.4, 0.5) is 9.18 Å². The molecule has 1 fully saturated rings. The van der Waals surface area contributed by atoms with Crippen LogP contribution in [0.15, 0.2) is 54.6 Å². The lowest BCUT2D eigenvalue weighted by atomic mass is 10.0. The SMILES string of the molecule is O=C1NCCN(C(=O)Oc2ccccc2)C1c1ccc(F)cc1. The number of carbonyl (C=O) groups is 2. The highest BCUT2D eigenvalue weighted by Crippen LogP contribution is 2.25. The van der Waals surface area contributed by atoms with Gasteiger partial charge in [0, 0.05) is 13.1 Å². The Kier molecular flexibility index (Phi) is 4.23. The minimum atomic E-state index is -0.833. The Morgan fingerprint density at radius 2 is 1.83 bits per heavy atom. The molecular weight excluding hydrogens is 299 g/mol. The lowest BCUT2D eigenvalue weighted by molar-refractivity contribution is -0.128. The van der Waals surface area contributed by atoms with Gasteiger partial charge in [0.25, 0.3) is 0 Å². The Balaban J connectivity index is 1.84. The van der Waals surface area contributed by atoms with Crippen molar-refractivity contribution >= 4 is 12.0 Å². The topological polar surface area (TPSA) is 58.6 Å². The Bertz CT molecular complexity index is 704. The van der Waals surface area contributed by atoms with Gasteiger partial charge in [0.15, 0.2) is 0 Å². The normalized spacial score (nSPS) is 17.5. The smallest absolute Gasteiger partial charge is 0.410 e. The van der Waals surface area contributed by atoms with E-state index in [4.69, 9.17) is 4.74 Å². The summed E-state index contributed by atoms with van der Waals surface area (Å²) in [5.74, 6) is -0.308. The van der Waals surface area contributed by atoms with Crippen molar-refractivity contribution < 1.29 is 18.7 Å². The van der Waals surface area contributed by atoms with Gasteiger partial charge in [-0.2, -0.15) is 0 Å². The molecule has 1 N–H and O–H groups in total.